The lowest BCUT2D eigenvalue weighted by atomic mass is 10.5. The Morgan fingerprint density at radius 3 is 3.27 bits per heavy atom. The zero-order chi connectivity index (χ0) is 8.10. The quantitative estimate of drug-likeness (QED) is 0.626. The summed E-state index contributed by atoms with van der Waals surface area (Å²) in [6.45, 7) is 0.233. The first-order chi connectivity index (χ1) is 5.34. The molecule has 1 aromatic rings. The molecule has 0 fully saturated rings. The number of terminal acetylenes is 1. The van der Waals surface area contributed by atoms with E-state index in [2.05, 4.69) is 20.8 Å². The van der Waals surface area contributed by atoms with Crippen LogP contribution < -0.4 is 5.32 Å². The zero-order valence-electron chi connectivity index (χ0n) is 5.57. The number of hydrogen-bond donors (Lipinski definition) is 1. The molecule has 0 bridgehead atoms. The van der Waals surface area contributed by atoms with Crippen molar-refractivity contribution < 1.29 is 4.79 Å². The molecule has 0 aliphatic heterocycles. The lowest BCUT2D eigenvalue weighted by Gasteiger charge is -1.93. The molecular formula is C6H5N3OS. The van der Waals surface area contributed by atoms with Crippen molar-refractivity contribution in [3.63, 3.8) is 0 Å². The van der Waals surface area contributed by atoms with Crippen LogP contribution in [0.1, 0.15) is 9.67 Å². The van der Waals surface area contributed by atoms with E-state index < -0.39 is 0 Å². The lowest BCUT2D eigenvalue weighted by molar-refractivity contribution is 0.0962. The van der Waals surface area contributed by atoms with E-state index in [1.165, 1.54) is 6.20 Å². The SMILES string of the molecule is C#CCNC(=O)c1cnns1. The molecule has 0 aliphatic rings. The standard InChI is InChI=1S/C6H5N3OS/c1-2-3-7-6(10)5-4-8-9-11-5/h1,4H,3H2,(H,7,10). The highest BCUT2D eigenvalue weighted by Crippen LogP contribution is 1.99. The fourth-order valence-corrected chi connectivity index (χ4v) is 0.917. The van der Waals surface area contributed by atoms with Crippen molar-refractivity contribution in [1.29, 1.82) is 0 Å². The Morgan fingerprint density at radius 2 is 2.73 bits per heavy atom. The summed E-state index contributed by atoms with van der Waals surface area (Å²) in [5.41, 5.74) is 0. The molecule has 56 valence electrons. The number of aromatic nitrogens is 2. The Balaban J connectivity index is 2.51. The van der Waals surface area contributed by atoms with Gasteiger partial charge in [0.1, 0.15) is 4.88 Å². The molecule has 0 radical (unpaired) electrons. The maximum Gasteiger partial charge on any atom is 0.265 e. The van der Waals surface area contributed by atoms with Crippen molar-refractivity contribution in [3.8, 4) is 12.3 Å². The highest BCUT2D eigenvalue weighted by atomic mass is 32.1. The fourth-order valence-electron chi connectivity index (χ4n) is 0.486. The molecule has 4 nitrogen and oxygen atoms in total. The van der Waals surface area contributed by atoms with Crippen molar-refractivity contribution in [2.45, 2.75) is 0 Å². The van der Waals surface area contributed by atoms with Crippen molar-refractivity contribution >= 4 is 17.4 Å². The van der Waals surface area contributed by atoms with E-state index in [0.717, 1.165) is 11.5 Å². The number of hydrogen-bond acceptors (Lipinski definition) is 4. The van der Waals surface area contributed by atoms with Crippen molar-refractivity contribution in [2.24, 2.45) is 0 Å². The highest BCUT2D eigenvalue weighted by molar-refractivity contribution is 7.07. The number of rotatable bonds is 2. The van der Waals surface area contributed by atoms with Gasteiger partial charge in [0.15, 0.2) is 0 Å². The van der Waals surface area contributed by atoms with E-state index >= 15 is 0 Å². The molecule has 0 atom stereocenters. The van der Waals surface area contributed by atoms with Gasteiger partial charge in [0.2, 0.25) is 0 Å². The minimum atomic E-state index is -0.224. The van der Waals surface area contributed by atoms with Crippen LogP contribution in [0.5, 0.6) is 0 Å². The second-order valence-corrected chi connectivity index (χ2v) is 2.45. The van der Waals surface area contributed by atoms with Gasteiger partial charge in [-0.3, -0.25) is 4.79 Å². The van der Waals surface area contributed by atoms with E-state index in [4.69, 9.17) is 6.42 Å². The zero-order valence-corrected chi connectivity index (χ0v) is 6.39. The van der Waals surface area contributed by atoms with Crippen LogP contribution in [0.4, 0.5) is 0 Å². The number of carbonyl (C=O) groups is 1. The van der Waals surface area contributed by atoms with Gasteiger partial charge in [-0.05, 0) is 11.5 Å². The second-order valence-electron chi connectivity index (χ2n) is 1.67. The van der Waals surface area contributed by atoms with Crippen LogP contribution in [0.15, 0.2) is 6.20 Å². The maximum atomic E-state index is 11.0. The minimum absolute atomic E-state index is 0.224. The van der Waals surface area contributed by atoms with E-state index in [0.29, 0.717) is 4.88 Å². The van der Waals surface area contributed by atoms with Gasteiger partial charge in [-0.25, -0.2) is 0 Å². The highest BCUT2D eigenvalue weighted by Gasteiger charge is 2.05. The first kappa shape index (κ1) is 7.69. The van der Waals surface area contributed by atoms with Gasteiger partial charge < -0.3 is 5.32 Å². The van der Waals surface area contributed by atoms with E-state index in [1.54, 1.807) is 0 Å². The smallest absolute Gasteiger partial charge is 0.265 e. The molecule has 0 saturated carbocycles. The minimum Gasteiger partial charge on any atom is -0.340 e. The van der Waals surface area contributed by atoms with E-state index in [-0.39, 0.29) is 12.5 Å². The average Bonchev–Trinajstić information content (AvgIpc) is 2.52. The lowest BCUT2D eigenvalue weighted by Crippen LogP contribution is -2.22. The molecule has 5 heteroatoms. The van der Waals surface area contributed by atoms with Crippen LogP contribution in [-0.4, -0.2) is 22.0 Å². The summed E-state index contributed by atoms with van der Waals surface area (Å²) >= 11 is 1.04. The maximum absolute atomic E-state index is 11.0. The van der Waals surface area contributed by atoms with Gasteiger partial charge in [-0.2, -0.15) is 0 Å². The molecule has 1 rings (SSSR count). The Hall–Kier alpha value is -1.41. The summed E-state index contributed by atoms with van der Waals surface area (Å²) in [7, 11) is 0. The van der Waals surface area contributed by atoms with Gasteiger partial charge >= 0.3 is 0 Å². The molecule has 11 heavy (non-hydrogen) atoms. The number of carbonyl (C=O) groups excluding carboxylic acids is 1. The second kappa shape index (κ2) is 3.68. The molecule has 0 spiro atoms. The summed E-state index contributed by atoms with van der Waals surface area (Å²) in [5, 5.41) is 6.00. The summed E-state index contributed by atoms with van der Waals surface area (Å²) in [4.78, 5) is 11.5. The van der Waals surface area contributed by atoms with Gasteiger partial charge in [-0.1, -0.05) is 10.4 Å². The monoisotopic (exact) mass is 167 g/mol. The van der Waals surface area contributed by atoms with E-state index in [9.17, 15) is 4.79 Å². The van der Waals surface area contributed by atoms with Crippen LogP contribution in [0, 0.1) is 12.3 Å². The summed E-state index contributed by atoms with van der Waals surface area (Å²) in [5.74, 6) is 2.07. The third-order valence-electron chi connectivity index (χ3n) is 0.936. The Morgan fingerprint density at radius 1 is 1.91 bits per heavy atom. The van der Waals surface area contributed by atoms with Crippen LogP contribution in [0.2, 0.25) is 0 Å². The van der Waals surface area contributed by atoms with Gasteiger partial charge in [0.05, 0.1) is 12.7 Å². The predicted octanol–water partition coefficient (Wildman–Crippen LogP) is -0.0989. The molecule has 1 amide bonds. The molecule has 1 N–H and O–H groups in total. The normalized spacial score (nSPS) is 8.64. The molecule has 0 aromatic carbocycles. The summed E-state index contributed by atoms with van der Waals surface area (Å²) < 4.78 is 3.53. The Labute approximate surface area is 67.8 Å². The summed E-state index contributed by atoms with van der Waals surface area (Å²) in [6.07, 6.45) is 6.34. The Kier molecular flexibility index (Phi) is 2.58. The van der Waals surface area contributed by atoms with Crippen molar-refractivity contribution in [3.05, 3.63) is 11.1 Å². The van der Waals surface area contributed by atoms with Crippen LogP contribution in [0.25, 0.3) is 0 Å². The van der Waals surface area contributed by atoms with E-state index in [1.807, 2.05) is 0 Å². The molecule has 1 heterocycles. The van der Waals surface area contributed by atoms with Gasteiger partial charge in [0, 0.05) is 0 Å². The third kappa shape index (κ3) is 2.02. The average molecular weight is 167 g/mol. The molecule has 1 aromatic heterocycles. The van der Waals surface area contributed by atoms with Gasteiger partial charge in [0.25, 0.3) is 5.91 Å². The van der Waals surface area contributed by atoms with Crippen LogP contribution in [-0.2, 0) is 0 Å². The number of nitrogens with zero attached hydrogens (tertiary/aromatic N) is 2. The molecule has 0 aliphatic carbocycles. The fraction of sp³-hybridized carbons (Fsp3) is 0.167. The first-order valence-corrected chi connectivity index (χ1v) is 3.61. The Bertz CT molecular complexity index is 275. The molecular weight excluding hydrogens is 162 g/mol. The van der Waals surface area contributed by atoms with Crippen LogP contribution >= 0.6 is 11.5 Å². The van der Waals surface area contributed by atoms with Gasteiger partial charge in [-0.15, -0.1) is 11.5 Å². The topological polar surface area (TPSA) is 54.9 Å². The number of nitrogens with one attached hydrogen (secondary N) is 1. The molecule has 0 saturated heterocycles. The molecule has 0 unspecified atom stereocenters. The van der Waals surface area contributed by atoms with Crippen molar-refractivity contribution in [2.75, 3.05) is 6.54 Å². The van der Waals surface area contributed by atoms with Crippen molar-refractivity contribution in [1.82, 2.24) is 14.9 Å². The first-order valence-electron chi connectivity index (χ1n) is 2.83. The summed E-state index contributed by atoms with van der Waals surface area (Å²) in [6, 6.07) is 0. The largest absolute Gasteiger partial charge is 0.340 e. The predicted molar refractivity (Wildman–Crippen MR) is 41.1 cm³/mol. The van der Waals surface area contributed by atoms with Crippen LogP contribution in [0.3, 0.4) is 0 Å². The number of amides is 1. The third-order valence-corrected chi connectivity index (χ3v) is 1.60.